The fourth-order valence-corrected chi connectivity index (χ4v) is 2.51. The second-order valence-electron chi connectivity index (χ2n) is 5.60. The number of hydrogen-bond donors (Lipinski definition) is 0. The zero-order chi connectivity index (χ0) is 17.4. The van der Waals surface area contributed by atoms with Gasteiger partial charge in [0.15, 0.2) is 11.4 Å². The van der Waals surface area contributed by atoms with Crippen LogP contribution in [0.5, 0.6) is 0 Å². The standard InChI is InChI=1S/C20H20N4/c1-23(15-17-9-5-3-6-10-17)19(13-21)20(14-22)24(2)16-18-11-7-4-8-12-18/h3-12H,15-16H2,1-2H3/b20-19-. The molecule has 0 heterocycles. The summed E-state index contributed by atoms with van der Waals surface area (Å²) in [6, 6.07) is 24.2. The molecule has 120 valence electrons. The molecule has 24 heavy (non-hydrogen) atoms. The van der Waals surface area contributed by atoms with Crippen molar-refractivity contribution in [2.24, 2.45) is 0 Å². The van der Waals surface area contributed by atoms with E-state index in [0.717, 1.165) is 11.1 Å². The van der Waals surface area contributed by atoms with Gasteiger partial charge in [0.25, 0.3) is 0 Å². The maximum absolute atomic E-state index is 9.56. The maximum Gasteiger partial charge on any atom is 0.150 e. The summed E-state index contributed by atoms with van der Waals surface area (Å²) in [5.41, 5.74) is 2.94. The molecule has 0 aliphatic rings. The van der Waals surface area contributed by atoms with Gasteiger partial charge in [0, 0.05) is 27.2 Å². The fourth-order valence-electron chi connectivity index (χ4n) is 2.51. The molecule has 0 radical (unpaired) electrons. The average Bonchev–Trinajstić information content (AvgIpc) is 2.61. The predicted octanol–water partition coefficient (Wildman–Crippen LogP) is 3.51. The molecule has 0 bridgehead atoms. The van der Waals surface area contributed by atoms with Crippen molar-refractivity contribution >= 4 is 0 Å². The van der Waals surface area contributed by atoms with Crippen LogP contribution in [-0.2, 0) is 13.1 Å². The average molecular weight is 316 g/mol. The lowest BCUT2D eigenvalue weighted by Crippen LogP contribution is -2.25. The second kappa shape index (κ2) is 8.41. The third-order valence-electron chi connectivity index (χ3n) is 3.72. The highest BCUT2D eigenvalue weighted by molar-refractivity contribution is 5.35. The Kier molecular flexibility index (Phi) is 6.00. The summed E-state index contributed by atoms with van der Waals surface area (Å²) < 4.78 is 0. The molecule has 2 aromatic rings. The van der Waals surface area contributed by atoms with Crippen LogP contribution in [-0.4, -0.2) is 23.9 Å². The third-order valence-corrected chi connectivity index (χ3v) is 3.72. The van der Waals surface area contributed by atoms with Crippen molar-refractivity contribution in [1.29, 1.82) is 10.5 Å². The van der Waals surface area contributed by atoms with Crippen LogP contribution in [0.1, 0.15) is 11.1 Å². The van der Waals surface area contributed by atoms with Crippen molar-refractivity contribution in [3.8, 4) is 12.1 Å². The van der Waals surface area contributed by atoms with Gasteiger partial charge in [0.05, 0.1) is 0 Å². The lowest BCUT2D eigenvalue weighted by atomic mass is 10.2. The summed E-state index contributed by atoms with van der Waals surface area (Å²) in [4.78, 5) is 3.63. The van der Waals surface area contributed by atoms with Crippen LogP contribution in [0.4, 0.5) is 0 Å². The Bertz CT molecular complexity index is 699. The Morgan fingerprint density at radius 2 is 1.04 bits per heavy atom. The number of hydrogen-bond acceptors (Lipinski definition) is 4. The van der Waals surface area contributed by atoms with E-state index in [1.54, 1.807) is 0 Å². The maximum atomic E-state index is 9.56. The topological polar surface area (TPSA) is 54.1 Å². The molecule has 2 rings (SSSR count). The quantitative estimate of drug-likeness (QED) is 0.765. The van der Waals surface area contributed by atoms with E-state index in [1.165, 1.54) is 0 Å². The van der Waals surface area contributed by atoms with E-state index < -0.39 is 0 Å². The zero-order valence-corrected chi connectivity index (χ0v) is 14.0. The van der Waals surface area contributed by atoms with Crippen LogP contribution in [0.25, 0.3) is 0 Å². The Balaban J connectivity index is 2.22. The first-order valence-corrected chi connectivity index (χ1v) is 7.70. The smallest absolute Gasteiger partial charge is 0.150 e. The van der Waals surface area contributed by atoms with Crippen LogP contribution in [0.3, 0.4) is 0 Å². The molecule has 0 unspecified atom stereocenters. The first-order valence-electron chi connectivity index (χ1n) is 7.70. The van der Waals surface area contributed by atoms with E-state index in [4.69, 9.17) is 0 Å². The van der Waals surface area contributed by atoms with Crippen LogP contribution >= 0.6 is 0 Å². The van der Waals surface area contributed by atoms with E-state index in [2.05, 4.69) is 12.1 Å². The predicted molar refractivity (Wildman–Crippen MR) is 94.1 cm³/mol. The molecule has 0 atom stereocenters. The van der Waals surface area contributed by atoms with Crippen molar-refractivity contribution in [3.63, 3.8) is 0 Å². The van der Waals surface area contributed by atoms with E-state index in [0.29, 0.717) is 24.5 Å². The Morgan fingerprint density at radius 1 is 0.708 bits per heavy atom. The van der Waals surface area contributed by atoms with Crippen molar-refractivity contribution in [2.75, 3.05) is 14.1 Å². The van der Waals surface area contributed by atoms with Gasteiger partial charge >= 0.3 is 0 Å². The summed E-state index contributed by atoms with van der Waals surface area (Å²) in [6.07, 6.45) is 0. The molecule has 0 fully saturated rings. The number of nitrogens with zero attached hydrogens (tertiary/aromatic N) is 4. The van der Waals surface area contributed by atoms with Gasteiger partial charge in [-0.05, 0) is 11.1 Å². The van der Waals surface area contributed by atoms with Crippen LogP contribution in [0.2, 0.25) is 0 Å². The van der Waals surface area contributed by atoms with Gasteiger partial charge in [-0.3, -0.25) is 0 Å². The van der Waals surface area contributed by atoms with Gasteiger partial charge in [-0.25, -0.2) is 0 Å². The highest BCUT2D eigenvalue weighted by Gasteiger charge is 2.16. The van der Waals surface area contributed by atoms with Gasteiger partial charge in [-0.2, -0.15) is 10.5 Å². The molecule has 0 spiro atoms. The number of rotatable bonds is 6. The summed E-state index contributed by atoms with van der Waals surface area (Å²) in [6.45, 7) is 1.15. The zero-order valence-electron chi connectivity index (χ0n) is 14.0. The summed E-state index contributed by atoms with van der Waals surface area (Å²) in [5, 5.41) is 19.1. The van der Waals surface area contributed by atoms with E-state index in [9.17, 15) is 10.5 Å². The van der Waals surface area contributed by atoms with Gasteiger partial charge < -0.3 is 9.80 Å². The first kappa shape index (κ1) is 17.1. The minimum atomic E-state index is 0.375. The minimum absolute atomic E-state index is 0.375. The number of benzene rings is 2. The van der Waals surface area contributed by atoms with Crippen molar-refractivity contribution in [1.82, 2.24) is 9.80 Å². The molecule has 0 amide bonds. The molecule has 0 aliphatic carbocycles. The van der Waals surface area contributed by atoms with Gasteiger partial charge in [0.2, 0.25) is 0 Å². The molecule has 0 N–H and O–H groups in total. The Labute approximate surface area is 143 Å². The molecular formula is C20H20N4. The number of allylic oxidation sites excluding steroid dienone is 2. The highest BCUT2D eigenvalue weighted by Crippen LogP contribution is 2.16. The van der Waals surface area contributed by atoms with E-state index in [1.807, 2.05) is 84.6 Å². The van der Waals surface area contributed by atoms with E-state index >= 15 is 0 Å². The second-order valence-corrected chi connectivity index (χ2v) is 5.60. The monoisotopic (exact) mass is 316 g/mol. The van der Waals surface area contributed by atoms with Gasteiger partial charge in [-0.1, -0.05) is 60.7 Å². The summed E-state index contributed by atoms with van der Waals surface area (Å²) in [5.74, 6) is 0. The molecule has 4 heteroatoms. The lowest BCUT2D eigenvalue weighted by molar-refractivity contribution is 0.374. The number of nitriles is 2. The Hall–Kier alpha value is -3.24. The van der Waals surface area contributed by atoms with Crippen molar-refractivity contribution in [2.45, 2.75) is 13.1 Å². The summed E-state index contributed by atoms with van der Waals surface area (Å²) >= 11 is 0. The molecule has 4 nitrogen and oxygen atoms in total. The van der Waals surface area contributed by atoms with Crippen LogP contribution < -0.4 is 0 Å². The minimum Gasteiger partial charge on any atom is -0.359 e. The SMILES string of the molecule is CN(Cc1ccccc1)/C(C#N)=C(/C#N)N(C)Cc1ccccc1. The third kappa shape index (κ3) is 4.38. The molecule has 0 saturated heterocycles. The molecular weight excluding hydrogens is 296 g/mol. The van der Waals surface area contributed by atoms with Gasteiger partial charge in [0.1, 0.15) is 12.1 Å². The van der Waals surface area contributed by atoms with Gasteiger partial charge in [-0.15, -0.1) is 0 Å². The van der Waals surface area contributed by atoms with E-state index in [-0.39, 0.29) is 0 Å². The van der Waals surface area contributed by atoms with Crippen molar-refractivity contribution < 1.29 is 0 Å². The van der Waals surface area contributed by atoms with Crippen LogP contribution in [0, 0.1) is 22.7 Å². The van der Waals surface area contributed by atoms with Crippen LogP contribution in [0.15, 0.2) is 72.1 Å². The Morgan fingerprint density at radius 3 is 1.33 bits per heavy atom. The normalized spacial score (nSPS) is 11.0. The summed E-state index contributed by atoms with van der Waals surface area (Å²) in [7, 11) is 3.67. The first-order chi connectivity index (χ1) is 11.7. The lowest BCUT2D eigenvalue weighted by Gasteiger charge is -2.24. The largest absolute Gasteiger partial charge is 0.359 e. The van der Waals surface area contributed by atoms with Crippen molar-refractivity contribution in [3.05, 3.63) is 83.2 Å². The fraction of sp³-hybridized carbons (Fsp3) is 0.200. The molecule has 0 aromatic heterocycles. The highest BCUT2D eigenvalue weighted by atomic mass is 15.2. The molecule has 0 saturated carbocycles. The molecule has 0 aliphatic heterocycles. The molecule has 2 aromatic carbocycles.